The number of carbonyl (C=O) groups is 1. The van der Waals surface area contributed by atoms with Gasteiger partial charge in [0.25, 0.3) is 0 Å². The van der Waals surface area contributed by atoms with Crippen LogP contribution in [0.4, 0.5) is 5.13 Å². The first-order valence-corrected chi connectivity index (χ1v) is 8.11. The standard InChI is InChI=1S/C11H12N2O4S2/c1-3-13(19(2,16)17)11-12-8-5-4-7(10(14)15)6-9(8)18-11/h4-6H,3H2,1-2H3,(H,14,15). The number of rotatable bonds is 4. The highest BCUT2D eigenvalue weighted by Crippen LogP contribution is 2.30. The number of carboxylic acid groups (broad SMARTS) is 1. The topological polar surface area (TPSA) is 87.6 Å². The van der Waals surface area contributed by atoms with Gasteiger partial charge in [-0.05, 0) is 25.1 Å². The van der Waals surface area contributed by atoms with E-state index in [1.165, 1.54) is 16.4 Å². The van der Waals surface area contributed by atoms with E-state index in [0.717, 1.165) is 17.6 Å². The van der Waals surface area contributed by atoms with Gasteiger partial charge in [0.2, 0.25) is 10.0 Å². The molecule has 0 aliphatic heterocycles. The Morgan fingerprint density at radius 2 is 2.16 bits per heavy atom. The predicted molar refractivity (Wildman–Crippen MR) is 74.4 cm³/mol. The monoisotopic (exact) mass is 300 g/mol. The van der Waals surface area contributed by atoms with Crippen molar-refractivity contribution in [2.24, 2.45) is 0 Å². The maximum absolute atomic E-state index is 11.6. The number of fused-ring (bicyclic) bond motifs is 1. The van der Waals surface area contributed by atoms with Crippen LogP contribution in [-0.4, -0.2) is 37.3 Å². The second-order valence-electron chi connectivity index (χ2n) is 3.91. The minimum Gasteiger partial charge on any atom is -0.478 e. The van der Waals surface area contributed by atoms with Crippen molar-refractivity contribution >= 4 is 42.7 Å². The van der Waals surface area contributed by atoms with Crippen molar-refractivity contribution in [3.8, 4) is 0 Å². The van der Waals surface area contributed by atoms with Crippen LogP contribution in [0.25, 0.3) is 10.2 Å². The molecule has 1 N–H and O–H groups in total. The third kappa shape index (κ3) is 2.69. The van der Waals surface area contributed by atoms with Gasteiger partial charge in [0, 0.05) is 6.54 Å². The Hall–Kier alpha value is -1.67. The van der Waals surface area contributed by atoms with Gasteiger partial charge in [0.15, 0.2) is 5.13 Å². The van der Waals surface area contributed by atoms with Gasteiger partial charge in [-0.25, -0.2) is 22.5 Å². The molecule has 8 heteroatoms. The smallest absolute Gasteiger partial charge is 0.335 e. The molecular formula is C11H12N2O4S2. The molecule has 19 heavy (non-hydrogen) atoms. The molecule has 0 bridgehead atoms. The van der Waals surface area contributed by atoms with Crippen LogP contribution in [0.15, 0.2) is 18.2 Å². The summed E-state index contributed by atoms with van der Waals surface area (Å²) in [4.78, 5) is 15.1. The van der Waals surface area contributed by atoms with E-state index in [1.54, 1.807) is 13.0 Å². The molecule has 1 aromatic carbocycles. The van der Waals surface area contributed by atoms with E-state index < -0.39 is 16.0 Å². The molecule has 2 rings (SSSR count). The van der Waals surface area contributed by atoms with Crippen LogP contribution in [0.3, 0.4) is 0 Å². The van der Waals surface area contributed by atoms with E-state index in [9.17, 15) is 13.2 Å². The van der Waals surface area contributed by atoms with Crippen molar-refractivity contribution in [3.05, 3.63) is 23.8 Å². The fourth-order valence-corrected chi connectivity index (χ4v) is 3.95. The maximum Gasteiger partial charge on any atom is 0.335 e. The highest BCUT2D eigenvalue weighted by Gasteiger charge is 2.19. The van der Waals surface area contributed by atoms with E-state index in [-0.39, 0.29) is 12.1 Å². The Morgan fingerprint density at radius 1 is 1.47 bits per heavy atom. The number of sulfonamides is 1. The minimum absolute atomic E-state index is 0.158. The van der Waals surface area contributed by atoms with E-state index in [1.807, 2.05) is 0 Å². The van der Waals surface area contributed by atoms with Crippen molar-refractivity contribution in [3.63, 3.8) is 0 Å². The molecular weight excluding hydrogens is 288 g/mol. The Labute approximate surface area is 114 Å². The molecule has 0 aliphatic carbocycles. The third-order valence-corrected chi connectivity index (χ3v) is 4.91. The first kappa shape index (κ1) is 13.8. The number of aromatic carboxylic acids is 1. The molecule has 102 valence electrons. The predicted octanol–water partition coefficient (Wildman–Crippen LogP) is 1.78. The van der Waals surface area contributed by atoms with Crippen LogP contribution in [0.2, 0.25) is 0 Å². The molecule has 0 spiro atoms. The molecule has 2 aromatic rings. The van der Waals surface area contributed by atoms with Crippen molar-refractivity contribution < 1.29 is 18.3 Å². The van der Waals surface area contributed by atoms with Gasteiger partial charge in [-0.3, -0.25) is 0 Å². The lowest BCUT2D eigenvalue weighted by Gasteiger charge is -2.16. The highest BCUT2D eigenvalue weighted by molar-refractivity contribution is 7.92. The van der Waals surface area contributed by atoms with Crippen LogP contribution >= 0.6 is 11.3 Å². The third-order valence-electron chi connectivity index (χ3n) is 2.52. The molecule has 1 aromatic heterocycles. The summed E-state index contributed by atoms with van der Waals surface area (Å²) in [5.74, 6) is -1.02. The van der Waals surface area contributed by atoms with Crippen molar-refractivity contribution in [2.45, 2.75) is 6.92 Å². The zero-order valence-corrected chi connectivity index (χ0v) is 12.0. The molecule has 0 saturated heterocycles. The number of carboxylic acids is 1. The lowest BCUT2D eigenvalue weighted by molar-refractivity contribution is 0.0697. The molecule has 0 saturated carbocycles. The molecule has 1 heterocycles. The summed E-state index contributed by atoms with van der Waals surface area (Å²) < 4.78 is 25.1. The van der Waals surface area contributed by atoms with Gasteiger partial charge in [-0.15, -0.1) is 0 Å². The van der Waals surface area contributed by atoms with Crippen molar-refractivity contribution in [1.82, 2.24) is 4.98 Å². The SMILES string of the molecule is CCN(c1nc2ccc(C(=O)O)cc2s1)S(C)(=O)=O. The molecule has 0 unspecified atom stereocenters. The Kier molecular flexibility index (Phi) is 3.46. The van der Waals surface area contributed by atoms with E-state index in [4.69, 9.17) is 5.11 Å². The largest absolute Gasteiger partial charge is 0.478 e. The molecule has 6 nitrogen and oxygen atoms in total. The number of aromatic nitrogens is 1. The quantitative estimate of drug-likeness (QED) is 0.930. The van der Waals surface area contributed by atoms with Gasteiger partial charge >= 0.3 is 5.97 Å². The van der Waals surface area contributed by atoms with Crippen LogP contribution < -0.4 is 4.31 Å². The Bertz CT molecular complexity index is 736. The zero-order valence-electron chi connectivity index (χ0n) is 10.3. The van der Waals surface area contributed by atoms with Gasteiger partial charge in [-0.1, -0.05) is 11.3 Å². The van der Waals surface area contributed by atoms with E-state index in [2.05, 4.69) is 4.98 Å². The summed E-state index contributed by atoms with van der Waals surface area (Å²) in [6.07, 6.45) is 1.12. The fourth-order valence-electron chi connectivity index (χ4n) is 1.66. The lowest BCUT2D eigenvalue weighted by Crippen LogP contribution is -2.29. The molecule has 0 radical (unpaired) electrons. The first-order valence-electron chi connectivity index (χ1n) is 5.44. The molecule has 0 fully saturated rings. The van der Waals surface area contributed by atoms with Gasteiger partial charge < -0.3 is 5.11 Å². The number of nitrogens with zero attached hydrogens (tertiary/aromatic N) is 2. The first-order chi connectivity index (χ1) is 8.82. The van der Waals surface area contributed by atoms with Crippen molar-refractivity contribution in [2.75, 3.05) is 17.1 Å². The van der Waals surface area contributed by atoms with Gasteiger partial charge in [-0.2, -0.15) is 0 Å². The average Bonchev–Trinajstić information content (AvgIpc) is 2.69. The van der Waals surface area contributed by atoms with Gasteiger partial charge in [0.1, 0.15) is 0 Å². The molecule has 0 amide bonds. The summed E-state index contributed by atoms with van der Waals surface area (Å²) in [5, 5.41) is 9.26. The summed E-state index contributed by atoms with van der Waals surface area (Å²) in [7, 11) is -3.38. The maximum atomic E-state index is 11.6. The van der Waals surface area contributed by atoms with Crippen molar-refractivity contribution in [1.29, 1.82) is 0 Å². The molecule has 0 aliphatic rings. The summed E-state index contributed by atoms with van der Waals surface area (Å²) in [5.41, 5.74) is 0.747. The van der Waals surface area contributed by atoms with Crippen LogP contribution in [0, 0.1) is 0 Å². The van der Waals surface area contributed by atoms with Crippen LogP contribution in [0.5, 0.6) is 0 Å². The summed E-state index contributed by atoms with van der Waals surface area (Å²) >= 11 is 1.16. The lowest BCUT2D eigenvalue weighted by atomic mass is 10.2. The summed E-state index contributed by atoms with van der Waals surface area (Å²) in [6, 6.07) is 4.52. The average molecular weight is 300 g/mol. The highest BCUT2D eigenvalue weighted by atomic mass is 32.2. The van der Waals surface area contributed by atoms with Crippen LogP contribution in [-0.2, 0) is 10.0 Å². The summed E-state index contributed by atoms with van der Waals surface area (Å²) in [6.45, 7) is 2.00. The zero-order chi connectivity index (χ0) is 14.2. The Morgan fingerprint density at radius 3 is 2.68 bits per heavy atom. The minimum atomic E-state index is -3.38. The second kappa shape index (κ2) is 4.78. The number of hydrogen-bond acceptors (Lipinski definition) is 5. The Balaban J connectivity index is 2.55. The van der Waals surface area contributed by atoms with Gasteiger partial charge in [0.05, 0.1) is 22.0 Å². The van der Waals surface area contributed by atoms with Crippen LogP contribution in [0.1, 0.15) is 17.3 Å². The molecule has 0 atom stereocenters. The number of hydrogen-bond donors (Lipinski definition) is 1. The number of anilines is 1. The van der Waals surface area contributed by atoms with E-state index in [0.29, 0.717) is 15.3 Å². The normalized spacial score (nSPS) is 11.7. The van der Waals surface area contributed by atoms with E-state index >= 15 is 0 Å². The fraction of sp³-hybridized carbons (Fsp3) is 0.273. The second-order valence-corrected chi connectivity index (χ2v) is 6.83. The number of thiazole rings is 1. The number of benzene rings is 1.